The molecule has 1 atom stereocenters. The van der Waals surface area contributed by atoms with Gasteiger partial charge in [0.05, 0.1) is 6.04 Å². The summed E-state index contributed by atoms with van der Waals surface area (Å²) in [6.07, 6.45) is 3.85. The number of carbonyl (C=O) groups excluding carboxylic acids is 2. The summed E-state index contributed by atoms with van der Waals surface area (Å²) in [7, 11) is 0. The average Bonchev–Trinajstić information content (AvgIpc) is 3.21. The maximum atomic E-state index is 14.2. The predicted molar refractivity (Wildman–Crippen MR) is 89.1 cm³/mol. The number of carbonyl (C=O) groups is 2. The van der Waals surface area contributed by atoms with E-state index >= 15 is 0 Å². The Morgan fingerprint density at radius 3 is 2.58 bits per heavy atom. The van der Waals surface area contributed by atoms with E-state index in [1.54, 1.807) is 4.90 Å². The molecule has 9 heteroatoms. The Bertz CT molecular complexity index is 756. The molecule has 0 spiro atoms. The first kappa shape index (κ1) is 16.2. The quantitative estimate of drug-likeness (QED) is 0.834. The zero-order chi connectivity index (χ0) is 17.9. The minimum Gasteiger partial charge on any atom is -0.347 e. The van der Waals surface area contributed by atoms with Crippen LogP contribution in [-0.2, 0) is 11.3 Å². The highest BCUT2D eigenvalue weighted by Gasteiger charge is 2.54. The largest absolute Gasteiger partial charge is 0.347 e. The number of hydrogen-bond donors (Lipinski definition) is 1. The molecule has 0 radical (unpaired) electrons. The van der Waals surface area contributed by atoms with E-state index in [-0.39, 0.29) is 18.0 Å². The van der Waals surface area contributed by atoms with E-state index < -0.39 is 11.6 Å². The van der Waals surface area contributed by atoms with Crippen molar-refractivity contribution in [2.45, 2.75) is 56.4 Å². The molecule has 3 fully saturated rings. The molecular weight excluding hydrogens is 339 g/mol. The van der Waals surface area contributed by atoms with Crippen LogP contribution in [0.25, 0.3) is 0 Å². The molecule has 2 saturated carbocycles. The van der Waals surface area contributed by atoms with Crippen LogP contribution in [0.4, 0.5) is 4.39 Å². The highest BCUT2D eigenvalue weighted by Crippen LogP contribution is 2.42. The molecule has 5 rings (SSSR count). The van der Waals surface area contributed by atoms with Gasteiger partial charge in [-0.05, 0) is 32.1 Å². The van der Waals surface area contributed by atoms with Crippen LogP contribution in [0.2, 0.25) is 0 Å². The van der Waals surface area contributed by atoms with Crippen LogP contribution >= 0.6 is 0 Å². The van der Waals surface area contributed by atoms with Gasteiger partial charge in [-0.25, -0.2) is 4.39 Å². The van der Waals surface area contributed by atoms with Crippen LogP contribution in [0, 0.1) is 0 Å². The van der Waals surface area contributed by atoms with E-state index in [0.717, 1.165) is 25.8 Å². The molecule has 1 saturated heterocycles. The number of nitrogens with one attached hydrogen (secondary N) is 1. The lowest BCUT2D eigenvalue weighted by molar-refractivity contribution is -0.141. The Kier molecular flexibility index (Phi) is 3.57. The first-order valence-electron chi connectivity index (χ1n) is 9.51. The summed E-state index contributed by atoms with van der Waals surface area (Å²) in [5.41, 5.74) is -1.64. The second-order valence-corrected chi connectivity index (χ2v) is 7.90. The molecule has 0 bridgehead atoms. The third-order valence-corrected chi connectivity index (χ3v) is 6.18. The van der Waals surface area contributed by atoms with Gasteiger partial charge in [0.1, 0.15) is 0 Å². The molecule has 140 valence electrons. The van der Waals surface area contributed by atoms with Crippen molar-refractivity contribution in [3.05, 3.63) is 11.6 Å². The topological polar surface area (TPSA) is 83.4 Å². The van der Waals surface area contributed by atoms with E-state index in [0.29, 0.717) is 50.7 Å². The second kappa shape index (κ2) is 5.73. The molecule has 1 unspecified atom stereocenters. The van der Waals surface area contributed by atoms with Crippen molar-refractivity contribution in [1.29, 1.82) is 0 Å². The van der Waals surface area contributed by atoms with Crippen LogP contribution in [0.15, 0.2) is 0 Å². The van der Waals surface area contributed by atoms with Gasteiger partial charge >= 0.3 is 0 Å². The van der Waals surface area contributed by atoms with Crippen LogP contribution in [0.1, 0.15) is 54.6 Å². The number of piperazine rings is 1. The van der Waals surface area contributed by atoms with Gasteiger partial charge in [0.25, 0.3) is 11.8 Å². The molecule has 1 aromatic rings. The summed E-state index contributed by atoms with van der Waals surface area (Å²) in [4.78, 5) is 28.7. The maximum Gasteiger partial charge on any atom is 0.289 e. The first-order valence-corrected chi connectivity index (χ1v) is 9.51. The van der Waals surface area contributed by atoms with E-state index in [4.69, 9.17) is 0 Å². The average molecular weight is 362 g/mol. The molecule has 2 aliphatic carbocycles. The molecule has 4 aliphatic rings. The third kappa shape index (κ3) is 2.52. The first-order chi connectivity index (χ1) is 12.5. The number of nitrogens with zero attached hydrogens (tertiary/aromatic N) is 5. The standard InChI is InChI=1S/C17H23FN6O2/c18-17(4-5-17)16(26)23-7-6-22-8-9-24-13(12(22)10-23)20-21-14(24)15(25)19-11-2-1-3-11/h11-12H,1-10H2,(H,19,25). The summed E-state index contributed by atoms with van der Waals surface area (Å²) in [6, 6.07) is 0.124. The van der Waals surface area contributed by atoms with Crippen LogP contribution in [0.3, 0.4) is 0 Å². The Labute approximate surface area is 150 Å². The fourth-order valence-electron chi connectivity index (χ4n) is 4.11. The predicted octanol–water partition coefficient (Wildman–Crippen LogP) is 0.261. The number of aromatic nitrogens is 3. The zero-order valence-electron chi connectivity index (χ0n) is 14.7. The fraction of sp³-hybridized carbons (Fsp3) is 0.765. The normalized spacial score (nSPS) is 27.3. The van der Waals surface area contributed by atoms with Gasteiger partial charge in [-0.2, -0.15) is 0 Å². The Balaban J connectivity index is 1.35. The molecule has 1 aromatic heterocycles. The minimum atomic E-state index is -1.64. The van der Waals surface area contributed by atoms with Crippen LogP contribution < -0.4 is 5.32 Å². The SMILES string of the molecule is O=C(NC1CCC1)c1nnc2n1CCN1CCN(C(=O)C3(F)CC3)CC21. The van der Waals surface area contributed by atoms with E-state index in [1.165, 1.54) is 0 Å². The van der Waals surface area contributed by atoms with E-state index in [2.05, 4.69) is 20.4 Å². The van der Waals surface area contributed by atoms with Crippen molar-refractivity contribution in [3.8, 4) is 0 Å². The van der Waals surface area contributed by atoms with Crippen LogP contribution in [-0.4, -0.2) is 74.3 Å². The van der Waals surface area contributed by atoms with Crippen molar-refractivity contribution in [3.63, 3.8) is 0 Å². The van der Waals surface area contributed by atoms with Gasteiger partial charge in [0.2, 0.25) is 5.82 Å². The molecule has 1 N–H and O–H groups in total. The summed E-state index contributed by atoms with van der Waals surface area (Å²) in [5.74, 6) is 0.485. The Hall–Kier alpha value is -2.03. The smallest absolute Gasteiger partial charge is 0.289 e. The van der Waals surface area contributed by atoms with Crippen molar-refractivity contribution < 1.29 is 14.0 Å². The van der Waals surface area contributed by atoms with Crippen molar-refractivity contribution in [2.24, 2.45) is 0 Å². The Morgan fingerprint density at radius 2 is 1.88 bits per heavy atom. The molecule has 0 aromatic carbocycles. The number of fused-ring (bicyclic) bond motifs is 3. The summed E-state index contributed by atoms with van der Waals surface area (Å²) >= 11 is 0. The van der Waals surface area contributed by atoms with Gasteiger partial charge in [-0.3, -0.25) is 14.5 Å². The summed E-state index contributed by atoms with van der Waals surface area (Å²) in [6.45, 7) is 3.09. The van der Waals surface area contributed by atoms with Crippen LogP contribution in [0.5, 0.6) is 0 Å². The molecule has 26 heavy (non-hydrogen) atoms. The minimum absolute atomic E-state index is 0.124. The lowest BCUT2D eigenvalue weighted by Gasteiger charge is -2.43. The number of hydrogen-bond acceptors (Lipinski definition) is 5. The molecule has 2 aliphatic heterocycles. The fourth-order valence-corrected chi connectivity index (χ4v) is 4.11. The molecule has 2 amide bonds. The number of halogens is 1. The summed E-state index contributed by atoms with van der Waals surface area (Å²) in [5, 5.41) is 11.4. The maximum absolute atomic E-state index is 14.2. The van der Waals surface area contributed by atoms with Crippen molar-refractivity contribution >= 4 is 11.8 Å². The number of alkyl halides is 1. The number of amides is 2. The van der Waals surface area contributed by atoms with E-state index in [1.807, 2.05) is 4.57 Å². The number of rotatable bonds is 3. The van der Waals surface area contributed by atoms with Gasteiger partial charge in [0.15, 0.2) is 11.5 Å². The lowest BCUT2D eigenvalue weighted by Crippen LogP contribution is -2.55. The molecule has 3 heterocycles. The zero-order valence-corrected chi connectivity index (χ0v) is 14.7. The summed E-state index contributed by atoms with van der Waals surface area (Å²) < 4.78 is 16.0. The monoisotopic (exact) mass is 362 g/mol. The van der Waals surface area contributed by atoms with Crippen molar-refractivity contribution in [2.75, 3.05) is 26.2 Å². The van der Waals surface area contributed by atoms with E-state index in [9.17, 15) is 14.0 Å². The lowest BCUT2D eigenvalue weighted by atomic mass is 9.93. The van der Waals surface area contributed by atoms with Crippen molar-refractivity contribution in [1.82, 2.24) is 29.9 Å². The highest BCUT2D eigenvalue weighted by molar-refractivity contribution is 5.91. The van der Waals surface area contributed by atoms with Gasteiger partial charge in [0, 0.05) is 38.8 Å². The third-order valence-electron chi connectivity index (χ3n) is 6.18. The highest BCUT2D eigenvalue weighted by atomic mass is 19.1. The Morgan fingerprint density at radius 1 is 1.12 bits per heavy atom. The van der Waals surface area contributed by atoms with Gasteiger partial charge in [-0.15, -0.1) is 10.2 Å². The van der Waals surface area contributed by atoms with Gasteiger partial charge < -0.3 is 14.8 Å². The molecule has 8 nitrogen and oxygen atoms in total. The molecular formula is C17H23FN6O2. The van der Waals surface area contributed by atoms with Gasteiger partial charge in [-0.1, -0.05) is 0 Å². The second-order valence-electron chi connectivity index (χ2n) is 7.90.